The van der Waals surface area contributed by atoms with E-state index < -0.39 is 23.3 Å². The SMILES string of the molecule is CCC1(c2ccc(F)cc2)NC(=O)N(CC(=O)c2cc(C)n(C(C)C)c2C)C1=O. The molecule has 1 aliphatic rings. The van der Waals surface area contributed by atoms with Gasteiger partial charge in [-0.05, 0) is 57.9 Å². The van der Waals surface area contributed by atoms with Crippen molar-refractivity contribution in [3.63, 3.8) is 0 Å². The van der Waals surface area contributed by atoms with Gasteiger partial charge in [0.25, 0.3) is 5.91 Å². The fourth-order valence-corrected chi connectivity index (χ4v) is 4.23. The van der Waals surface area contributed by atoms with Gasteiger partial charge in [-0.3, -0.25) is 14.5 Å². The second-order valence-corrected chi connectivity index (χ2v) is 7.76. The van der Waals surface area contributed by atoms with Gasteiger partial charge in [0.05, 0.1) is 6.54 Å². The lowest BCUT2D eigenvalue weighted by molar-refractivity contribution is -0.131. The number of Topliss-reactive ketones (excluding diaryl/α,β-unsaturated/α-hetero) is 1. The highest BCUT2D eigenvalue weighted by Gasteiger charge is 2.51. The number of carbonyl (C=O) groups is 3. The Hall–Kier alpha value is -2.96. The Morgan fingerprint density at radius 1 is 1.17 bits per heavy atom. The van der Waals surface area contributed by atoms with E-state index in [0.29, 0.717) is 11.1 Å². The molecular formula is C22H26FN3O3. The molecule has 1 aromatic carbocycles. The highest BCUT2D eigenvalue weighted by atomic mass is 19.1. The molecule has 1 atom stereocenters. The fraction of sp³-hybridized carbons (Fsp3) is 0.409. The Balaban J connectivity index is 1.90. The van der Waals surface area contributed by atoms with Crippen LogP contribution in [0.2, 0.25) is 0 Å². The molecule has 7 heteroatoms. The number of halogens is 1. The number of ketones is 1. The smallest absolute Gasteiger partial charge is 0.325 e. The van der Waals surface area contributed by atoms with Crippen LogP contribution in [0, 0.1) is 19.7 Å². The maximum atomic E-state index is 13.3. The molecular weight excluding hydrogens is 373 g/mol. The molecule has 3 amide bonds. The van der Waals surface area contributed by atoms with E-state index in [-0.39, 0.29) is 24.8 Å². The van der Waals surface area contributed by atoms with Crippen LogP contribution in [0.25, 0.3) is 0 Å². The second kappa shape index (κ2) is 7.46. The minimum atomic E-state index is -1.29. The Kier molecular flexibility index (Phi) is 5.34. The number of carbonyl (C=O) groups excluding carboxylic acids is 3. The third-order valence-corrected chi connectivity index (χ3v) is 5.65. The lowest BCUT2D eigenvalue weighted by Crippen LogP contribution is -2.43. The standard InChI is InChI=1S/C22H26FN3O3/c1-6-22(16-7-9-17(23)10-8-16)20(28)25(21(29)24-22)12-19(27)18-11-14(4)26(13(2)3)15(18)5/h7-11,13H,6,12H2,1-5H3,(H,24,29). The third-order valence-electron chi connectivity index (χ3n) is 5.65. The zero-order valence-corrected chi connectivity index (χ0v) is 17.4. The summed E-state index contributed by atoms with van der Waals surface area (Å²) >= 11 is 0. The van der Waals surface area contributed by atoms with Crippen LogP contribution in [0.4, 0.5) is 9.18 Å². The van der Waals surface area contributed by atoms with Crippen molar-refractivity contribution >= 4 is 17.7 Å². The van der Waals surface area contributed by atoms with Gasteiger partial charge in [-0.1, -0.05) is 19.1 Å². The van der Waals surface area contributed by atoms with Crippen LogP contribution in [0.15, 0.2) is 30.3 Å². The second-order valence-electron chi connectivity index (χ2n) is 7.76. The lowest BCUT2D eigenvalue weighted by Gasteiger charge is -2.25. The predicted molar refractivity (Wildman–Crippen MR) is 107 cm³/mol. The molecule has 154 valence electrons. The molecule has 0 spiro atoms. The molecule has 0 aliphatic carbocycles. The van der Waals surface area contributed by atoms with E-state index in [1.807, 2.05) is 32.3 Å². The topological polar surface area (TPSA) is 71.4 Å². The molecule has 2 aromatic rings. The minimum absolute atomic E-state index is 0.194. The Bertz CT molecular complexity index is 978. The van der Waals surface area contributed by atoms with Crippen molar-refractivity contribution < 1.29 is 18.8 Å². The highest BCUT2D eigenvalue weighted by molar-refractivity contribution is 6.11. The molecule has 0 bridgehead atoms. The first-order valence-corrected chi connectivity index (χ1v) is 9.74. The molecule has 6 nitrogen and oxygen atoms in total. The van der Waals surface area contributed by atoms with E-state index in [4.69, 9.17) is 0 Å². The molecule has 29 heavy (non-hydrogen) atoms. The number of nitrogens with zero attached hydrogens (tertiary/aromatic N) is 2. The summed E-state index contributed by atoms with van der Waals surface area (Å²) in [5.74, 6) is -1.22. The molecule has 3 rings (SSSR count). The van der Waals surface area contributed by atoms with Gasteiger partial charge < -0.3 is 9.88 Å². The molecule has 1 saturated heterocycles. The third kappa shape index (κ3) is 3.34. The Morgan fingerprint density at radius 2 is 1.79 bits per heavy atom. The highest BCUT2D eigenvalue weighted by Crippen LogP contribution is 2.33. The molecule has 1 aromatic heterocycles. The van der Waals surface area contributed by atoms with Crippen LogP contribution in [0.3, 0.4) is 0 Å². The van der Waals surface area contributed by atoms with E-state index in [1.54, 1.807) is 13.0 Å². The van der Waals surface area contributed by atoms with Crippen molar-refractivity contribution in [1.82, 2.24) is 14.8 Å². The Labute approximate surface area is 169 Å². The average Bonchev–Trinajstić information content (AvgIpc) is 3.10. The van der Waals surface area contributed by atoms with Crippen molar-refractivity contribution in [2.24, 2.45) is 0 Å². The molecule has 1 fully saturated rings. The van der Waals surface area contributed by atoms with Crippen LogP contribution in [0.5, 0.6) is 0 Å². The lowest BCUT2D eigenvalue weighted by atomic mass is 9.87. The summed E-state index contributed by atoms with van der Waals surface area (Å²) in [5.41, 5.74) is 1.47. The van der Waals surface area contributed by atoms with Crippen molar-refractivity contribution in [3.8, 4) is 0 Å². The molecule has 1 unspecified atom stereocenters. The Morgan fingerprint density at radius 3 is 2.31 bits per heavy atom. The van der Waals surface area contributed by atoms with Gasteiger partial charge in [-0.15, -0.1) is 0 Å². The van der Waals surface area contributed by atoms with Crippen LogP contribution in [0.1, 0.15) is 60.5 Å². The number of urea groups is 1. The quantitative estimate of drug-likeness (QED) is 0.592. The first-order valence-electron chi connectivity index (χ1n) is 9.74. The van der Waals surface area contributed by atoms with Crippen molar-refractivity contribution in [1.29, 1.82) is 0 Å². The molecule has 2 heterocycles. The summed E-state index contributed by atoms with van der Waals surface area (Å²) in [6, 6.07) is 6.84. The number of imide groups is 1. The molecule has 1 N–H and O–H groups in total. The van der Waals surface area contributed by atoms with Gasteiger partial charge in [0.15, 0.2) is 5.78 Å². The first-order chi connectivity index (χ1) is 13.6. The largest absolute Gasteiger partial charge is 0.346 e. The van der Waals surface area contributed by atoms with Gasteiger partial charge in [-0.25, -0.2) is 9.18 Å². The maximum Gasteiger partial charge on any atom is 0.325 e. The monoisotopic (exact) mass is 399 g/mol. The van der Waals surface area contributed by atoms with E-state index in [0.717, 1.165) is 16.3 Å². The predicted octanol–water partition coefficient (Wildman–Crippen LogP) is 3.86. The van der Waals surface area contributed by atoms with Crippen LogP contribution in [-0.2, 0) is 10.3 Å². The fourth-order valence-electron chi connectivity index (χ4n) is 4.23. The van der Waals surface area contributed by atoms with Gasteiger partial charge >= 0.3 is 6.03 Å². The van der Waals surface area contributed by atoms with Crippen molar-refractivity contribution in [2.45, 2.75) is 52.6 Å². The maximum absolute atomic E-state index is 13.3. The van der Waals surface area contributed by atoms with E-state index in [2.05, 4.69) is 5.32 Å². The minimum Gasteiger partial charge on any atom is -0.346 e. The van der Waals surface area contributed by atoms with Crippen LogP contribution in [-0.4, -0.2) is 33.7 Å². The summed E-state index contributed by atoms with van der Waals surface area (Å²) in [4.78, 5) is 39.7. The van der Waals surface area contributed by atoms with Gasteiger partial charge in [-0.2, -0.15) is 0 Å². The van der Waals surface area contributed by atoms with Crippen molar-refractivity contribution in [2.75, 3.05) is 6.54 Å². The van der Waals surface area contributed by atoms with Gasteiger partial charge in [0.1, 0.15) is 11.4 Å². The van der Waals surface area contributed by atoms with Gasteiger partial charge in [0.2, 0.25) is 0 Å². The number of benzene rings is 1. The number of rotatable bonds is 6. The summed E-state index contributed by atoms with van der Waals surface area (Å²) < 4.78 is 15.4. The van der Waals surface area contributed by atoms with Crippen LogP contribution >= 0.6 is 0 Å². The van der Waals surface area contributed by atoms with Crippen molar-refractivity contribution in [3.05, 3.63) is 58.7 Å². The molecule has 0 saturated carbocycles. The van der Waals surface area contributed by atoms with E-state index in [9.17, 15) is 18.8 Å². The zero-order valence-electron chi connectivity index (χ0n) is 17.4. The molecule has 0 radical (unpaired) electrons. The summed E-state index contributed by atoms with van der Waals surface area (Å²) in [7, 11) is 0. The summed E-state index contributed by atoms with van der Waals surface area (Å²) in [6.45, 7) is 9.28. The van der Waals surface area contributed by atoms with E-state index in [1.165, 1.54) is 24.3 Å². The number of aryl methyl sites for hydroxylation is 1. The van der Waals surface area contributed by atoms with Gasteiger partial charge in [0, 0.05) is 23.0 Å². The summed E-state index contributed by atoms with van der Waals surface area (Å²) in [5, 5.41) is 2.72. The van der Waals surface area contributed by atoms with E-state index >= 15 is 0 Å². The van der Waals surface area contributed by atoms with Crippen LogP contribution < -0.4 is 5.32 Å². The molecule has 1 aliphatic heterocycles. The number of hydrogen-bond donors (Lipinski definition) is 1. The number of amides is 3. The normalized spacial score (nSPS) is 19.2. The number of hydrogen-bond acceptors (Lipinski definition) is 3. The number of aromatic nitrogens is 1. The average molecular weight is 399 g/mol. The first kappa shape index (κ1) is 20.8. The zero-order chi connectivity index (χ0) is 21.5. The number of nitrogens with one attached hydrogen (secondary N) is 1. The summed E-state index contributed by atoms with van der Waals surface area (Å²) in [6.07, 6.45) is 0.287.